The SMILES string of the molecule is CCN(C)CCNC(=NC)N1CCN(C(=O)c2ccco2)CC1. The lowest BCUT2D eigenvalue weighted by molar-refractivity contribution is 0.0657. The molecule has 0 aliphatic carbocycles. The van der Waals surface area contributed by atoms with Crippen LogP contribution < -0.4 is 5.32 Å². The highest BCUT2D eigenvalue weighted by atomic mass is 16.3. The van der Waals surface area contributed by atoms with Crippen molar-refractivity contribution in [1.29, 1.82) is 0 Å². The molecule has 1 aromatic rings. The first kappa shape index (κ1) is 17.3. The summed E-state index contributed by atoms with van der Waals surface area (Å²) in [4.78, 5) is 22.9. The van der Waals surface area contributed by atoms with Crippen LogP contribution >= 0.6 is 0 Å². The first-order chi connectivity index (χ1) is 11.2. The first-order valence-corrected chi connectivity index (χ1v) is 8.12. The van der Waals surface area contributed by atoms with Gasteiger partial charge in [0.25, 0.3) is 5.91 Å². The molecule has 1 aromatic heterocycles. The summed E-state index contributed by atoms with van der Waals surface area (Å²) >= 11 is 0. The molecular formula is C16H27N5O2. The third kappa shape index (κ3) is 4.72. The van der Waals surface area contributed by atoms with E-state index in [1.807, 2.05) is 4.90 Å². The third-order valence-electron chi connectivity index (χ3n) is 4.13. The Bertz CT molecular complexity index is 507. The Morgan fingerprint density at radius 1 is 1.35 bits per heavy atom. The van der Waals surface area contributed by atoms with Gasteiger partial charge in [-0.2, -0.15) is 0 Å². The molecular weight excluding hydrogens is 294 g/mol. The van der Waals surface area contributed by atoms with E-state index in [-0.39, 0.29) is 5.91 Å². The summed E-state index contributed by atoms with van der Waals surface area (Å²) in [5.74, 6) is 1.27. The fourth-order valence-corrected chi connectivity index (χ4v) is 2.53. The maximum atomic E-state index is 12.2. The van der Waals surface area contributed by atoms with E-state index in [1.165, 1.54) is 6.26 Å². The third-order valence-corrected chi connectivity index (χ3v) is 4.13. The number of amides is 1. The predicted molar refractivity (Wildman–Crippen MR) is 90.7 cm³/mol. The van der Waals surface area contributed by atoms with Crippen molar-refractivity contribution < 1.29 is 9.21 Å². The highest BCUT2D eigenvalue weighted by molar-refractivity contribution is 5.91. The minimum Gasteiger partial charge on any atom is -0.459 e. The molecule has 1 saturated heterocycles. The van der Waals surface area contributed by atoms with Gasteiger partial charge in [0, 0.05) is 46.3 Å². The lowest BCUT2D eigenvalue weighted by Crippen LogP contribution is -2.54. The summed E-state index contributed by atoms with van der Waals surface area (Å²) in [6.45, 7) is 7.92. The van der Waals surface area contributed by atoms with E-state index in [2.05, 4.69) is 34.1 Å². The molecule has 1 amide bonds. The van der Waals surface area contributed by atoms with Crippen LogP contribution in [-0.2, 0) is 0 Å². The van der Waals surface area contributed by atoms with E-state index in [9.17, 15) is 4.79 Å². The number of piperazine rings is 1. The van der Waals surface area contributed by atoms with Gasteiger partial charge >= 0.3 is 0 Å². The number of nitrogens with one attached hydrogen (secondary N) is 1. The van der Waals surface area contributed by atoms with E-state index in [1.54, 1.807) is 19.2 Å². The molecule has 2 heterocycles. The largest absolute Gasteiger partial charge is 0.459 e. The highest BCUT2D eigenvalue weighted by Crippen LogP contribution is 2.09. The Morgan fingerprint density at radius 2 is 2.04 bits per heavy atom. The molecule has 7 nitrogen and oxygen atoms in total. The zero-order valence-electron chi connectivity index (χ0n) is 14.3. The lowest BCUT2D eigenvalue weighted by Gasteiger charge is -2.36. The first-order valence-electron chi connectivity index (χ1n) is 8.12. The fraction of sp³-hybridized carbons (Fsp3) is 0.625. The highest BCUT2D eigenvalue weighted by Gasteiger charge is 2.24. The number of carbonyl (C=O) groups excluding carboxylic acids is 1. The quantitative estimate of drug-likeness (QED) is 0.634. The summed E-state index contributed by atoms with van der Waals surface area (Å²) in [7, 11) is 3.90. The second-order valence-electron chi connectivity index (χ2n) is 5.63. The number of nitrogens with zero attached hydrogens (tertiary/aromatic N) is 4. The Labute approximate surface area is 137 Å². The molecule has 23 heavy (non-hydrogen) atoms. The molecule has 0 spiro atoms. The number of carbonyl (C=O) groups is 1. The summed E-state index contributed by atoms with van der Waals surface area (Å²) in [5.41, 5.74) is 0. The number of furan rings is 1. The number of rotatable bonds is 5. The molecule has 0 bridgehead atoms. The molecule has 7 heteroatoms. The van der Waals surface area contributed by atoms with E-state index >= 15 is 0 Å². The molecule has 0 radical (unpaired) electrons. The van der Waals surface area contributed by atoms with Crippen LogP contribution in [0.2, 0.25) is 0 Å². The summed E-state index contributed by atoms with van der Waals surface area (Å²) in [6, 6.07) is 3.45. The number of likely N-dealkylation sites (N-methyl/N-ethyl adjacent to an activating group) is 1. The summed E-state index contributed by atoms with van der Waals surface area (Å²) < 4.78 is 5.18. The van der Waals surface area contributed by atoms with Crippen molar-refractivity contribution in [2.75, 3.05) is 59.9 Å². The van der Waals surface area contributed by atoms with Crippen LogP contribution in [0.4, 0.5) is 0 Å². The standard InChI is InChI=1S/C16H27N5O2/c1-4-19(3)8-7-18-16(17-2)21-11-9-20(10-12-21)15(22)14-6-5-13-23-14/h5-6,13H,4,7-12H2,1-3H3,(H,17,18). The van der Waals surface area contributed by atoms with E-state index < -0.39 is 0 Å². The van der Waals surface area contributed by atoms with Crippen LogP contribution in [0.15, 0.2) is 27.8 Å². The Kier molecular flexibility index (Phi) is 6.46. The van der Waals surface area contributed by atoms with Gasteiger partial charge in [-0.25, -0.2) is 0 Å². The van der Waals surface area contributed by atoms with Crippen LogP contribution in [-0.4, -0.2) is 86.5 Å². The second-order valence-corrected chi connectivity index (χ2v) is 5.63. The van der Waals surface area contributed by atoms with Gasteiger partial charge in [-0.05, 0) is 25.7 Å². The Hall–Kier alpha value is -2.02. The van der Waals surface area contributed by atoms with Gasteiger partial charge in [0.15, 0.2) is 11.7 Å². The maximum absolute atomic E-state index is 12.2. The van der Waals surface area contributed by atoms with Crippen molar-refractivity contribution in [3.8, 4) is 0 Å². The van der Waals surface area contributed by atoms with Crippen molar-refractivity contribution in [1.82, 2.24) is 20.0 Å². The molecule has 128 valence electrons. The number of guanidine groups is 1. The van der Waals surface area contributed by atoms with Gasteiger partial charge in [0.1, 0.15) is 0 Å². The Morgan fingerprint density at radius 3 is 2.61 bits per heavy atom. The Balaban J connectivity index is 1.79. The molecule has 1 aliphatic heterocycles. The molecule has 0 unspecified atom stereocenters. The smallest absolute Gasteiger partial charge is 0.289 e. The second kappa shape index (κ2) is 8.57. The van der Waals surface area contributed by atoms with Crippen molar-refractivity contribution in [2.45, 2.75) is 6.92 Å². The molecule has 0 atom stereocenters. The van der Waals surface area contributed by atoms with Crippen LogP contribution in [0.25, 0.3) is 0 Å². The molecule has 0 aromatic carbocycles. The average molecular weight is 321 g/mol. The van der Waals surface area contributed by atoms with E-state index in [0.717, 1.165) is 38.7 Å². The van der Waals surface area contributed by atoms with Gasteiger partial charge in [0.05, 0.1) is 6.26 Å². The maximum Gasteiger partial charge on any atom is 0.289 e. The monoisotopic (exact) mass is 321 g/mol. The number of aliphatic imine (C=N–C) groups is 1. The van der Waals surface area contributed by atoms with Gasteiger partial charge < -0.3 is 24.4 Å². The lowest BCUT2D eigenvalue weighted by atomic mass is 10.3. The zero-order valence-corrected chi connectivity index (χ0v) is 14.3. The van der Waals surface area contributed by atoms with Crippen LogP contribution in [0.1, 0.15) is 17.5 Å². The normalized spacial score (nSPS) is 16.1. The molecule has 1 aliphatic rings. The van der Waals surface area contributed by atoms with Crippen LogP contribution in [0, 0.1) is 0 Å². The number of hydrogen-bond donors (Lipinski definition) is 1. The van der Waals surface area contributed by atoms with Gasteiger partial charge in [-0.3, -0.25) is 9.79 Å². The topological polar surface area (TPSA) is 64.3 Å². The molecule has 0 saturated carbocycles. The van der Waals surface area contributed by atoms with E-state index in [0.29, 0.717) is 18.8 Å². The molecule has 1 fully saturated rings. The van der Waals surface area contributed by atoms with Gasteiger partial charge in [0.2, 0.25) is 0 Å². The van der Waals surface area contributed by atoms with Crippen LogP contribution in [0.3, 0.4) is 0 Å². The summed E-state index contributed by atoms with van der Waals surface area (Å²) in [5, 5.41) is 3.39. The summed E-state index contributed by atoms with van der Waals surface area (Å²) in [6.07, 6.45) is 1.53. The van der Waals surface area contributed by atoms with Crippen molar-refractivity contribution in [3.63, 3.8) is 0 Å². The number of hydrogen-bond acceptors (Lipinski definition) is 4. The van der Waals surface area contributed by atoms with Crippen molar-refractivity contribution in [2.24, 2.45) is 4.99 Å². The van der Waals surface area contributed by atoms with Crippen molar-refractivity contribution in [3.05, 3.63) is 24.2 Å². The van der Waals surface area contributed by atoms with Crippen molar-refractivity contribution >= 4 is 11.9 Å². The molecule has 1 N–H and O–H groups in total. The fourth-order valence-electron chi connectivity index (χ4n) is 2.53. The zero-order chi connectivity index (χ0) is 16.7. The van der Waals surface area contributed by atoms with Gasteiger partial charge in [-0.1, -0.05) is 6.92 Å². The average Bonchev–Trinajstić information content (AvgIpc) is 3.12. The minimum absolute atomic E-state index is 0.0397. The van der Waals surface area contributed by atoms with E-state index in [4.69, 9.17) is 4.42 Å². The van der Waals surface area contributed by atoms with Gasteiger partial charge in [-0.15, -0.1) is 0 Å². The predicted octanol–water partition coefficient (Wildman–Crippen LogP) is 0.565. The minimum atomic E-state index is -0.0397. The molecule has 2 rings (SSSR count). The van der Waals surface area contributed by atoms with Crippen LogP contribution in [0.5, 0.6) is 0 Å².